The molecule has 4 nitrogen and oxygen atoms in total. The molecule has 3 aromatic rings. The van der Waals surface area contributed by atoms with Gasteiger partial charge in [-0.1, -0.05) is 36.4 Å². The lowest BCUT2D eigenvalue weighted by Crippen LogP contribution is -2.10. The maximum atomic E-state index is 13.4. The van der Waals surface area contributed by atoms with Crippen LogP contribution < -0.4 is 0 Å². The van der Waals surface area contributed by atoms with Gasteiger partial charge in [0.15, 0.2) is 0 Å². The minimum absolute atomic E-state index is 0.259. The number of carbonyl (C=O) groups is 1. The lowest BCUT2D eigenvalue weighted by Gasteiger charge is -2.09. The Morgan fingerprint density at radius 3 is 2.46 bits per heavy atom. The Bertz CT molecular complexity index is 998. The average molecular weight is 348 g/mol. The van der Waals surface area contributed by atoms with Crippen LogP contribution in [0.4, 0.5) is 10.1 Å². The van der Waals surface area contributed by atoms with Gasteiger partial charge in [-0.2, -0.15) is 0 Å². The second-order valence-electron chi connectivity index (χ2n) is 5.77. The highest BCUT2D eigenvalue weighted by Gasteiger charge is 2.22. The van der Waals surface area contributed by atoms with Gasteiger partial charge in [-0.25, -0.2) is 14.0 Å². The van der Waals surface area contributed by atoms with Crippen LogP contribution in [0.5, 0.6) is 0 Å². The van der Waals surface area contributed by atoms with E-state index in [4.69, 9.17) is 11.3 Å². The average Bonchev–Trinajstić information content (AvgIpc) is 2.98. The molecule has 0 unspecified atom stereocenters. The number of carbonyl (C=O) groups excluding carboxylic acids is 1. The molecule has 0 atom stereocenters. The van der Waals surface area contributed by atoms with Crippen molar-refractivity contribution in [1.82, 2.24) is 4.57 Å². The molecule has 2 aromatic carbocycles. The summed E-state index contributed by atoms with van der Waals surface area (Å²) in [5, 5.41) is 0. The van der Waals surface area contributed by atoms with Crippen molar-refractivity contribution in [2.75, 3.05) is 6.61 Å². The summed E-state index contributed by atoms with van der Waals surface area (Å²) in [6.45, 7) is 9.40. The summed E-state index contributed by atoms with van der Waals surface area (Å²) >= 11 is 0. The van der Waals surface area contributed by atoms with Gasteiger partial charge in [-0.3, -0.25) is 0 Å². The van der Waals surface area contributed by atoms with Gasteiger partial charge in [-0.15, -0.1) is 0 Å². The van der Waals surface area contributed by atoms with Crippen molar-refractivity contribution in [2.45, 2.75) is 6.92 Å². The first kappa shape index (κ1) is 17.4. The quantitative estimate of drug-likeness (QED) is 0.478. The molecule has 0 amide bonds. The number of hydrogen-bond acceptors (Lipinski definition) is 2. The summed E-state index contributed by atoms with van der Waals surface area (Å²) in [5.41, 5.74) is 3.63. The SMILES string of the molecule is [C-]#[N+]c1cn(C)c(C(=O)OCC)c1-c1ccc(-c2cccc(F)c2)cc1. The standard InChI is InChI=1S/C21H17FN2O2/c1-4-26-21(25)20-19(18(23-2)13-24(20)3)15-10-8-14(9-11-15)16-6-5-7-17(22)12-16/h5-13H,4H2,1,3H3. The zero-order chi connectivity index (χ0) is 18.7. The van der Waals surface area contributed by atoms with Crippen LogP contribution >= 0.6 is 0 Å². The van der Waals surface area contributed by atoms with Crippen molar-refractivity contribution in [1.29, 1.82) is 0 Å². The Hall–Kier alpha value is -3.39. The minimum Gasteiger partial charge on any atom is -0.461 e. The predicted molar refractivity (Wildman–Crippen MR) is 98.5 cm³/mol. The Balaban J connectivity index is 2.07. The van der Waals surface area contributed by atoms with Crippen LogP contribution in [-0.4, -0.2) is 17.1 Å². The molecule has 26 heavy (non-hydrogen) atoms. The van der Waals surface area contributed by atoms with Crippen LogP contribution in [-0.2, 0) is 11.8 Å². The number of aromatic nitrogens is 1. The van der Waals surface area contributed by atoms with Gasteiger partial charge in [-0.05, 0) is 35.7 Å². The van der Waals surface area contributed by atoms with Crippen LogP contribution in [0.2, 0.25) is 0 Å². The normalized spacial score (nSPS) is 10.4. The summed E-state index contributed by atoms with van der Waals surface area (Å²) in [7, 11) is 1.71. The minimum atomic E-state index is -0.464. The molecule has 0 aliphatic heterocycles. The molecule has 0 bridgehead atoms. The summed E-state index contributed by atoms with van der Waals surface area (Å²) in [6.07, 6.45) is 1.62. The van der Waals surface area contributed by atoms with E-state index in [1.807, 2.05) is 30.3 Å². The highest BCUT2D eigenvalue weighted by Crippen LogP contribution is 2.36. The molecule has 0 radical (unpaired) electrons. The zero-order valence-corrected chi connectivity index (χ0v) is 14.5. The predicted octanol–water partition coefficient (Wildman–Crippen LogP) is 5.23. The second-order valence-corrected chi connectivity index (χ2v) is 5.77. The van der Waals surface area contributed by atoms with Gasteiger partial charge in [0, 0.05) is 18.8 Å². The largest absolute Gasteiger partial charge is 0.461 e. The Morgan fingerprint density at radius 2 is 1.85 bits per heavy atom. The third kappa shape index (κ3) is 3.22. The van der Waals surface area contributed by atoms with Gasteiger partial charge >= 0.3 is 5.97 Å². The van der Waals surface area contributed by atoms with E-state index in [0.29, 0.717) is 16.9 Å². The van der Waals surface area contributed by atoms with Gasteiger partial charge in [0.1, 0.15) is 11.5 Å². The molecular formula is C21H17FN2O2. The maximum Gasteiger partial charge on any atom is 0.354 e. The molecule has 0 saturated carbocycles. The van der Waals surface area contributed by atoms with E-state index in [9.17, 15) is 9.18 Å². The van der Waals surface area contributed by atoms with E-state index >= 15 is 0 Å². The summed E-state index contributed by atoms with van der Waals surface area (Å²) in [5.74, 6) is -0.761. The van der Waals surface area contributed by atoms with E-state index in [-0.39, 0.29) is 12.4 Å². The van der Waals surface area contributed by atoms with Crippen LogP contribution in [0.1, 0.15) is 17.4 Å². The van der Waals surface area contributed by atoms with Crippen molar-refractivity contribution in [2.24, 2.45) is 7.05 Å². The molecule has 0 saturated heterocycles. The summed E-state index contributed by atoms with van der Waals surface area (Å²) in [6, 6.07) is 13.7. The molecule has 0 aliphatic carbocycles. The van der Waals surface area contributed by atoms with E-state index in [0.717, 1.165) is 16.7 Å². The van der Waals surface area contributed by atoms with E-state index in [1.165, 1.54) is 12.1 Å². The zero-order valence-electron chi connectivity index (χ0n) is 14.5. The fraction of sp³-hybridized carbons (Fsp3) is 0.143. The lowest BCUT2D eigenvalue weighted by atomic mass is 9.99. The number of benzene rings is 2. The number of halogens is 1. The topological polar surface area (TPSA) is 35.6 Å². The molecular weight excluding hydrogens is 331 g/mol. The smallest absolute Gasteiger partial charge is 0.354 e. The number of rotatable bonds is 4. The van der Waals surface area contributed by atoms with E-state index in [1.54, 1.807) is 30.8 Å². The molecule has 0 fully saturated rings. The molecule has 5 heteroatoms. The molecule has 0 aliphatic rings. The van der Waals surface area contributed by atoms with Crippen molar-refractivity contribution >= 4 is 11.7 Å². The van der Waals surface area contributed by atoms with Crippen molar-refractivity contribution in [3.63, 3.8) is 0 Å². The number of hydrogen-bond donors (Lipinski definition) is 0. The summed E-state index contributed by atoms with van der Waals surface area (Å²) < 4.78 is 20.2. The van der Waals surface area contributed by atoms with Crippen LogP contribution in [0, 0.1) is 12.4 Å². The second kappa shape index (κ2) is 7.24. The monoisotopic (exact) mass is 348 g/mol. The van der Waals surface area contributed by atoms with Crippen LogP contribution in [0.25, 0.3) is 27.1 Å². The number of nitrogens with zero attached hydrogens (tertiary/aromatic N) is 2. The highest BCUT2D eigenvalue weighted by molar-refractivity contribution is 6.00. The van der Waals surface area contributed by atoms with Crippen LogP contribution in [0.15, 0.2) is 54.7 Å². The summed E-state index contributed by atoms with van der Waals surface area (Å²) in [4.78, 5) is 15.9. The van der Waals surface area contributed by atoms with Gasteiger partial charge in [0.2, 0.25) is 5.69 Å². The third-order valence-corrected chi connectivity index (χ3v) is 4.08. The number of esters is 1. The highest BCUT2D eigenvalue weighted by atomic mass is 19.1. The molecule has 0 spiro atoms. The van der Waals surface area contributed by atoms with E-state index in [2.05, 4.69) is 4.85 Å². The fourth-order valence-electron chi connectivity index (χ4n) is 2.92. The molecule has 1 aromatic heterocycles. The van der Waals surface area contributed by atoms with Gasteiger partial charge in [0.05, 0.1) is 13.2 Å². The first-order valence-electron chi connectivity index (χ1n) is 8.15. The van der Waals surface area contributed by atoms with Crippen LogP contribution in [0.3, 0.4) is 0 Å². The first-order valence-corrected chi connectivity index (χ1v) is 8.15. The fourth-order valence-corrected chi connectivity index (χ4v) is 2.92. The van der Waals surface area contributed by atoms with E-state index < -0.39 is 5.97 Å². The number of aryl methyl sites for hydroxylation is 1. The number of ether oxygens (including phenoxy) is 1. The lowest BCUT2D eigenvalue weighted by molar-refractivity contribution is 0.0516. The maximum absolute atomic E-state index is 13.4. The molecule has 1 heterocycles. The molecule has 130 valence electrons. The Kier molecular flexibility index (Phi) is 4.85. The van der Waals surface area contributed by atoms with Gasteiger partial charge < -0.3 is 9.30 Å². The first-order chi connectivity index (χ1) is 12.5. The third-order valence-electron chi connectivity index (χ3n) is 4.08. The molecule has 3 rings (SSSR count). The Labute approximate surface area is 151 Å². The van der Waals surface area contributed by atoms with Crippen molar-refractivity contribution in [3.8, 4) is 22.3 Å². The van der Waals surface area contributed by atoms with Crippen molar-refractivity contribution in [3.05, 3.63) is 77.7 Å². The van der Waals surface area contributed by atoms with Crippen molar-refractivity contribution < 1.29 is 13.9 Å². The van der Waals surface area contributed by atoms with Gasteiger partial charge in [0.25, 0.3) is 0 Å². The Morgan fingerprint density at radius 1 is 1.15 bits per heavy atom. The molecule has 0 N–H and O–H groups in total.